The zero-order chi connectivity index (χ0) is 15.0. The van der Waals surface area contributed by atoms with Crippen LogP contribution < -0.4 is 11.3 Å². The van der Waals surface area contributed by atoms with Gasteiger partial charge in [-0.2, -0.15) is 0 Å². The maximum atomic E-state index is 14.4. The van der Waals surface area contributed by atoms with Crippen LogP contribution in [-0.4, -0.2) is 0 Å². The Bertz CT molecular complexity index is 618. The van der Waals surface area contributed by atoms with Crippen LogP contribution in [0.4, 0.5) is 4.39 Å². The van der Waals surface area contributed by atoms with E-state index in [2.05, 4.69) is 29.7 Å². The zero-order valence-corrected chi connectivity index (χ0v) is 12.5. The molecule has 0 aliphatic heterocycles. The van der Waals surface area contributed by atoms with Gasteiger partial charge in [-0.15, -0.1) is 0 Å². The van der Waals surface area contributed by atoms with E-state index in [9.17, 15) is 4.39 Å². The second-order valence-electron chi connectivity index (χ2n) is 6.06. The van der Waals surface area contributed by atoms with Crippen LogP contribution >= 0.6 is 0 Å². The third-order valence-corrected chi connectivity index (χ3v) is 4.53. The minimum absolute atomic E-state index is 0.155. The maximum Gasteiger partial charge on any atom is 0.128 e. The molecule has 1 unspecified atom stereocenters. The molecule has 1 aliphatic rings. The van der Waals surface area contributed by atoms with E-state index in [0.717, 1.165) is 24.0 Å². The predicted octanol–water partition coefficient (Wildman–Crippen LogP) is 3.36. The molecule has 0 fully saturated rings. The average molecular weight is 284 g/mol. The molecule has 2 aromatic carbocycles. The van der Waals surface area contributed by atoms with Gasteiger partial charge in [0.25, 0.3) is 0 Å². The molecular formula is C18H21FN2. The summed E-state index contributed by atoms with van der Waals surface area (Å²) in [5.74, 6) is 5.91. The first-order chi connectivity index (χ1) is 10.1. The van der Waals surface area contributed by atoms with E-state index < -0.39 is 0 Å². The summed E-state index contributed by atoms with van der Waals surface area (Å²) in [7, 11) is 0. The summed E-state index contributed by atoms with van der Waals surface area (Å²) in [5, 5.41) is 0. The third-order valence-electron chi connectivity index (χ3n) is 4.53. The molecule has 0 bridgehead atoms. The van der Waals surface area contributed by atoms with Crippen molar-refractivity contribution in [2.24, 2.45) is 11.8 Å². The highest BCUT2D eigenvalue weighted by Gasteiger charge is 2.31. The number of halogens is 1. The van der Waals surface area contributed by atoms with Crippen LogP contribution in [0.1, 0.15) is 33.9 Å². The number of hydrogen-bond donors (Lipinski definition) is 2. The molecule has 0 radical (unpaired) electrons. The van der Waals surface area contributed by atoms with Gasteiger partial charge in [0, 0.05) is 5.56 Å². The summed E-state index contributed by atoms with van der Waals surface area (Å²) in [6, 6.07) is 11.9. The van der Waals surface area contributed by atoms with Gasteiger partial charge in [0.1, 0.15) is 5.82 Å². The highest BCUT2D eigenvalue weighted by molar-refractivity contribution is 5.38. The summed E-state index contributed by atoms with van der Waals surface area (Å²) in [6.45, 7) is 3.87. The van der Waals surface area contributed by atoms with E-state index in [0.29, 0.717) is 11.5 Å². The van der Waals surface area contributed by atoms with Gasteiger partial charge in [0.05, 0.1) is 6.04 Å². The lowest BCUT2D eigenvalue weighted by molar-refractivity contribution is 0.366. The number of hydrogen-bond acceptors (Lipinski definition) is 2. The highest BCUT2D eigenvalue weighted by atomic mass is 19.1. The molecule has 2 nitrogen and oxygen atoms in total. The van der Waals surface area contributed by atoms with E-state index in [1.54, 1.807) is 6.07 Å². The summed E-state index contributed by atoms with van der Waals surface area (Å²) in [6.07, 6.45) is 1.88. The lowest BCUT2D eigenvalue weighted by Gasteiger charge is -2.25. The van der Waals surface area contributed by atoms with Gasteiger partial charge in [0.15, 0.2) is 0 Å². The molecule has 0 amide bonds. The van der Waals surface area contributed by atoms with Crippen molar-refractivity contribution in [3.63, 3.8) is 0 Å². The molecule has 21 heavy (non-hydrogen) atoms. The molecular weight excluding hydrogens is 263 g/mol. The van der Waals surface area contributed by atoms with Crippen molar-refractivity contribution in [2.45, 2.75) is 32.7 Å². The van der Waals surface area contributed by atoms with Gasteiger partial charge < -0.3 is 0 Å². The summed E-state index contributed by atoms with van der Waals surface area (Å²) in [4.78, 5) is 0. The van der Waals surface area contributed by atoms with E-state index in [1.165, 1.54) is 11.1 Å². The van der Waals surface area contributed by atoms with Crippen LogP contribution in [0, 0.1) is 25.6 Å². The molecule has 0 heterocycles. The minimum atomic E-state index is -0.161. The highest BCUT2D eigenvalue weighted by Crippen LogP contribution is 2.37. The van der Waals surface area contributed by atoms with Crippen LogP contribution in [0.2, 0.25) is 0 Å². The molecule has 3 rings (SSSR count). The van der Waals surface area contributed by atoms with E-state index >= 15 is 0 Å². The Labute approximate surface area is 125 Å². The van der Waals surface area contributed by atoms with Gasteiger partial charge in [-0.1, -0.05) is 30.3 Å². The van der Waals surface area contributed by atoms with Gasteiger partial charge in [-0.25, -0.2) is 4.39 Å². The fourth-order valence-electron chi connectivity index (χ4n) is 3.60. The summed E-state index contributed by atoms with van der Waals surface area (Å²) in [5.41, 5.74) is 8.18. The average Bonchev–Trinajstić information content (AvgIpc) is 2.85. The molecule has 0 saturated carbocycles. The number of aryl methyl sites for hydroxylation is 2. The van der Waals surface area contributed by atoms with Crippen LogP contribution in [0.5, 0.6) is 0 Å². The molecule has 3 N–H and O–H groups in total. The van der Waals surface area contributed by atoms with Crippen molar-refractivity contribution in [3.8, 4) is 0 Å². The molecule has 0 spiro atoms. The number of rotatable bonds is 3. The molecule has 1 aliphatic carbocycles. The normalized spacial score (nSPS) is 16.0. The topological polar surface area (TPSA) is 38.0 Å². The molecule has 110 valence electrons. The molecule has 2 aromatic rings. The smallest absolute Gasteiger partial charge is 0.128 e. The van der Waals surface area contributed by atoms with Crippen LogP contribution in [0.3, 0.4) is 0 Å². The zero-order valence-electron chi connectivity index (χ0n) is 12.5. The van der Waals surface area contributed by atoms with E-state index in [4.69, 9.17) is 5.84 Å². The maximum absolute atomic E-state index is 14.4. The molecule has 0 aromatic heterocycles. The lowest BCUT2D eigenvalue weighted by atomic mass is 9.87. The number of nitrogens with one attached hydrogen (secondary N) is 1. The van der Waals surface area contributed by atoms with Crippen LogP contribution in [0.25, 0.3) is 0 Å². The van der Waals surface area contributed by atoms with Gasteiger partial charge in [-0.3, -0.25) is 11.3 Å². The van der Waals surface area contributed by atoms with Crippen LogP contribution in [0.15, 0.2) is 36.4 Å². The van der Waals surface area contributed by atoms with Crippen LogP contribution in [-0.2, 0) is 12.8 Å². The Hall–Kier alpha value is -1.71. The lowest BCUT2D eigenvalue weighted by Crippen LogP contribution is -2.35. The molecule has 3 heteroatoms. The van der Waals surface area contributed by atoms with Crippen molar-refractivity contribution >= 4 is 0 Å². The Morgan fingerprint density at radius 1 is 1.14 bits per heavy atom. The number of nitrogens with two attached hydrogens (primary N) is 1. The van der Waals surface area contributed by atoms with Gasteiger partial charge in [-0.05, 0) is 60.9 Å². The SMILES string of the molecule is Cc1cc(C)c(C(NN)C2Cc3ccccc3C2)c(F)c1. The second-order valence-corrected chi connectivity index (χ2v) is 6.06. The standard InChI is InChI=1S/C18H21FN2/c1-11-7-12(2)17(16(19)8-11)18(21-20)15-9-13-5-3-4-6-14(13)10-15/h3-8,15,18,21H,9-10,20H2,1-2H3. The third kappa shape index (κ3) is 2.59. The van der Waals surface area contributed by atoms with Gasteiger partial charge >= 0.3 is 0 Å². The first-order valence-corrected chi connectivity index (χ1v) is 7.39. The van der Waals surface area contributed by atoms with E-state index in [1.807, 2.05) is 19.9 Å². The fraction of sp³-hybridized carbons (Fsp3) is 0.333. The first kappa shape index (κ1) is 14.2. The summed E-state index contributed by atoms with van der Waals surface area (Å²) < 4.78 is 14.4. The van der Waals surface area contributed by atoms with Crippen molar-refractivity contribution in [2.75, 3.05) is 0 Å². The van der Waals surface area contributed by atoms with Crippen molar-refractivity contribution < 1.29 is 4.39 Å². The minimum Gasteiger partial charge on any atom is -0.271 e. The molecule has 0 saturated heterocycles. The Balaban J connectivity index is 1.94. The molecule has 1 atom stereocenters. The first-order valence-electron chi connectivity index (χ1n) is 7.39. The van der Waals surface area contributed by atoms with Crippen molar-refractivity contribution in [1.82, 2.24) is 5.43 Å². The van der Waals surface area contributed by atoms with Gasteiger partial charge in [0.2, 0.25) is 0 Å². The monoisotopic (exact) mass is 284 g/mol. The predicted molar refractivity (Wildman–Crippen MR) is 83.3 cm³/mol. The Kier molecular flexibility index (Phi) is 3.79. The number of hydrazine groups is 1. The quantitative estimate of drug-likeness (QED) is 0.670. The van der Waals surface area contributed by atoms with Crippen molar-refractivity contribution in [1.29, 1.82) is 0 Å². The number of fused-ring (bicyclic) bond motifs is 1. The largest absolute Gasteiger partial charge is 0.271 e. The Morgan fingerprint density at radius 2 is 1.76 bits per heavy atom. The van der Waals surface area contributed by atoms with E-state index in [-0.39, 0.29) is 11.9 Å². The fourth-order valence-corrected chi connectivity index (χ4v) is 3.60. The van der Waals surface area contributed by atoms with Crippen molar-refractivity contribution in [3.05, 3.63) is 70.0 Å². The Morgan fingerprint density at radius 3 is 2.29 bits per heavy atom. The second kappa shape index (κ2) is 5.58. The number of benzene rings is 2. The summed E-state index contributed by atoms with van der Waals surface area (Å²) >= 11 is 0.